The number of benzene rings is 2. The maximum absolute atomic E-state index is 9.95. The minimum absolute atomic E-state index is 0.286. The Morgan fingerprint density at radius 1 is 1.12 bits per heavy atom. The van der Waals surface area contributed by atoms with E-state index in [0.29, 0.717) is 6.54 Å². The molecule has 2 aromatic carbocycles. The van der Waals surface area contributed by atoms with Gasteiger partial charge in [0.15, 0.2) is 3.77 Å². The lowest BCUT2D eigenvalue weighted by Gasteiger charge is -2.13. The van der Waals surface area contributed by atoms with Crippen molar-refractivity contribution >= 4 is 33.6 Å². The average Bonchev–Trinajstić information content (AvgIpc) is 2.97. The Morgan fingerprint density at radius 2 is 1.96 bits per heavy atom. The smallest absolute Gasteiger partial charge is 0.165 e. The van der Waals surface area contributed by atoms with Crippen LogP contribution in [-0.4, -0.2) is 30.9 Å². The molecule has 0 aliphatic carbocycles. The Hall–Kier alpha value is -1.57. The number of ether oxygens (including phenoxy) is 1. The van der Waals surface area contributed by atoms with Gasteiger partial charge in [0.1, 0.15) is 24.0 Å². The largest absolute Gasteiger partial charge is 0.491 e. The Labute approximate surface area is 155 Å². The van der Waals surface area contributed by atoms with E-state index < -0.39 is 6.10 Å². The molecule has 126 valence electrons. The summed E-state index contributed by atoms with van der Waals surface area (Å²) >= 11 is 2.18. The number of nitrogens with one attached hydrogen (secondary N) is 1. The van der Waals surface area contributed by atoms with Gasteiger partial charge in [-0.25, -0.2) is 0 Å². The molecule has 0 spiro atoms. The van der Waals surface area contributed by atoms with Crippen LogP contribution in [0, 0.1) is 3.77 Å². The van der Waals surface area contributed by atoms with Gasteiger partial charge >= 0.3 is 0 Å². The summed E-state index contributed by atoms with van der Waals surface area (Å²) in [6.45, 7) is 1.59. The summed E-state index contributed by atoms with van der Waals surface area (Å²) in [6, 6.07) is 17.8. The zero-order chi connectivity index (χ0) is 16.8. The van der Waals surface area contributed by atoms with Crippen LogP contribution in [0.1, 0.15) is 5.56 Å². The van der Waals surface area contributed by atoms with Gasteiger partial charge in [0.2, 0.25) is 0 Å². The molecular formula is C19H20INO3. The van der Waals surface area contributed by atoms with E-state index >= 15 is 0 Å². The summed E-state index contributed by atoms with van der Waals surface area (Å²) in [5.41, 5.74) is 2.14. The maximum Gasteiger partial charge on any atom is 0.165 e. The van der Waals surface area contributed by atoms with Gasteiger partial charge in [-0.3, -0.25) is 0 Å². The third-order valence-corrected chi connectivity index (χ3v) is 4.24. The fourth-order valence-corrected chi connectivity index (χ4v) is 3.04. The number of hydrogen-bond acceptors (Lipinski definition) is 4. The molecule has 0 saturated heterocycles. The third kappa shape index (κ3) is 4.96. The average molecular weight is 437 g/mol. The van der Waals surface area contributed by atoms with E-state index in [0.717, 1.165) is 33.5 Å². The van der Waals surface area contributed by atoms with E-state index in [2.05, 4.69) is 46.1 Å². The first-order valence-electron chi connectivity index (χ1n) is 7.95. The number of rotatable bonds is 8. The first-order valence-corrected chi connectivity index (χ1v) is 9.03. The summed E-state index contributed by atoms with van der Waals surface area (Å²) in [6.07, 6.45) is 0.360. The van der Waals surface area contributed by atoms with Crippen molar-refractivity contribution in [1.82, 2.24) is 5.32 Å². The van der Waals surface area contributed by atoms with Gasteiger partial charge in [0.25, 0.3) is 0 Å². The number of hydrogen-bond donors (Lipinski definition) is 2. The van der Waals surface area contributed by atoms with Crippen molar-refractivity contribution in [1.29, 1.82) is 0 Å². The second-order valence-electron chi connectivity index (χ2n) is 5.65. The van der Waals surface area contributed by atoms with Crippen molar-refractivity contribution in [2.45, 2.75) is 12.5 Å². The Balaban J connectivity index is 1.38. The zero-order valence-electron chi connectivity index (χ0n) is 13.2. The highest BCUT2D eigenvalue weighted by Gasteiger charge is 2.06. The van der Waals surface area contributed by atoms with Crippen LogP contribution >= 0.6 is 22.6 Å². The highest BCUT2D eigenvalue weighted by Crippen LogP contribution is 2.21. The van der Waals surface area contributed by atoms with Gasteiger partial charge in [-0.15, -0.1) is 0 Å². The number of halogens is 1. The highest BCUT2D eigenvalue weighted by atomic mass is 127. The SMILES string of the molecule is O[C@@H](CNCCc1ccc2cc(I)oc2c1)COc1ccccc1. The van der Waals surface area contributed by atoms with Gasteiger partial charge < -0.3 is 19.6 Å². The fraction of sp³-hybridized carbons (Fsp3) is 0.263. The van der Waals surface area contributed by atoms with Crippen molar-refractivity contribution in [3.8, 4) is 5.75 Å². The molecule has 4 nitrogen and oxygen atoms in total. The van der Waals surface area contributed by atoms with Gasteiger partial charge in [-0.1, -0.05) is 30.3 Å². The second kappa shape index (κ2) is 8.50. The molecule has 0 fully saturated rings. The molecule has 0 bridgehead atoms. The molecule has 1 atom stereocenters. The molecule has 0 aliphatic heterocycles. The number of para-hydroxylation sites is 1. The molecule has 0 amide bonds. The lowest BCUT2D eigenvalue weighted by atomic mass is 10.1. The lowest BCUT2D eigenvalue weighted by Crippen LogP contribution is -2.32. The second-order valence-corrected chi connectivity index (χ2v) is 6.72. The molecule has 0 radical (unpaired) electrons. The molecule has 2 N–H and O–H groups in total. The van der Waals surface area contributed by atoms with Crippen molar-refractivity contribution in [2.75, 3.05) is 19.7 Å². The fourth-order valence-electron chi connectivity index (χ4n) is 2.47. The van der Waals surface area contributed by atoms with Crippen molar-refractivity contribution in [3.63, 3.8) is 0 Å². The van der Waals surface area contributed by atoms with Gasteiger partial charge in [0, 0.05) is 11.9 Å². The zero-order valence-corrected chi connectivity index (χ0v) is 15.4. The maximum atomic E-state index is 9.95. The van der Waals surface area contributed by atoms with Crippen LogP contribution in [0.2, 0.25) is 0 Å². The van der Waals surface area contributed by atoms with E-state index in [-0.39, 0.29) is 6.61 Å². The Bertz CT molecular complexity index is 773. The van der Waals surface area contributed by atoms with Crippen LogP contribution in [0.15, 0.2) is 59.0 Å². The Kier molecular flexibility index (Phi) is 6.12. The molecular weight excluding hydrogens is 417 g/mol. The van der Waals surface area contributed by atoms with Crippen LogP contribution in [0.25, 0.3) is 11.0 Å². The molecule has 1 heterocycles. The summed E-state index contributed by atoms with van der Waals surface area (Å²) in [5.74, 6) is 0.776. The van der Waals surface area contributed by atoms with Crippen LogP contribution in [-0.2, 0) is 6.42 Å². The highest BCUT2D eigenvalue weighted by molar-refractivity contribution is 14.1. The standard InChI is InChI=1S/C19H20INO3/c20-19-11-15-7-6-14(10-18(15)24-19)8-9-21-12-16(22)13-23-17-4-2-1-3-5-17/h1-7,10-11,16,21-22H,8-9,12-13H2/t16-/m0/s1. The van der Waals surface area contributed by atoms with Crippen molar-refractivity contribution in [2.24, 2.45) is 0 Å². The number of furan rings is 1. The minimum Gasteiger partial charge on any atom is -0.491 e. The Morgan fingerprint density at radius 3 is 2.79 bits per heavy atom. The molecule has 5 heteroatoms. The monoisotopic (exact) mass is 437 g/mol. The lowest BCUT2D eigenvalue weighted by molar-refractivity contribution is 0.106. The van der Waals surface area contributed by atoms with Crippen LogP contribution in [0.5, 0.6) is 5.75 Å². The molecule has 0 aliphatic rings. The topological polar surface area (TPSA) is 54.6 Å². The van der Waals surface area contributed by atoms with E-state index in [9.17, 15) is 5.11 Å². The summed E-state index contributed by atoms with van der Waals surface area (Å²) in [5, 5.41) is 14.3. The van der Waals surface area contributed by atoms with Crippen LogP contribution in [0.3, 0.4) is 0 Å². The number of aliphatic hydroxyl groups is 1. The normalized spacial score (nSPS) is 12.4. The first-order chi connectivity index (χ1) is 11.7. The third-order valence-electron chi connectivity index (χ3n) is 3.71. The number of fused-ring (bicyclic) bond motifs is 1. The molecule has 0 unspecified atom stereocenters. The van der Waals surface area contributed by atoms with Gasteiger partial charge in [-0.2, -0.15) is 0 Å². The summed E-state index contributed by atoms with van der Waals surface area (Å²) in [7, 11) is 0. The minimum atomic E-state index is -0.528. The van der Waals surface area contributed by atoms with E-state index in [4.69, 9.17) is 9.15 Å². The van der Waals surface area contributed by atoms with Crippen molar-refractivity contribution < 1.29 is 14.3 Å². The molecule has 3 aromatic rings. The quantitative estimate of drug-likeness (QED) is 0.418. The molecule has 1 aromatic heterocycles. The van der Waals surface area contributed by atoms with E-state index in [1.807, 2.05) is 36.4 Å². The number of aliphatic hydroxyl groups excluding tert-OH is 1. The van der Waals surface area contributed by atoms with Gasteiger partial charge in [-0.05, 0) is 65.4 Å². The van der Waals surface area contributed by atoms with Crippen LogP contribution < -0.4 is 10.1 Å². The predicted octanol–water partition coefficient (Wildman–Crippen LogP) is 3.61. The molecule has 3 rings (SSSR count). The van der Waals surface area contributed by atoms with Crippen LogP contribution in [0.4, 0.5) is 0 Å². The van der Waals surface area contributed by atoms with Crippen molar-refractivity contribution in [3.05, 3.63) is 63.9 Å². The first kappa shape index (κ1) is 17.3. The van der Waals surface area contributed by atoms with E-state index in [1.54, 1.807) is 0 Å². The molecule has 24 heavy (non-hydrogen) atoms. The summed E-state index contributed by atoms with van der Waals surface area (Å²) in [4.78, 5) is 0. The van der Waals surface area contributed by atoms with E-state index in [1.165, 1.54) is 5.56 Å². The van der Waals surface area contributed by atoms with Gasteiger partial charge in [0.05, 0.1) is 0 Å². The summed E-state index contributed by atoms with van der Waals surface area (Å²) < 4.78 is 12.1. The molecule has 0 saturated carbocycles. The predicted molar refractivity (Wildman–Crippen MR) is 103 cm³/mol.